The normalized spacial score (nSPS) is 14.8. The molecule has 0 fully saturated rings. The Morgan fingerprint density at radius 3 is 2.64 bits per heavy atom. The van der Waals surface area contributed by atoms with Gasteiger partial charge in [-0.15, -0.1) is 11.3 Å². The van der Waals surface area contributed by atoms with E-state index >= 15 is 0 Å². The van der Waals surface area contributed by atoms with Crippen LogP contribution in [0, 0.1) is 0 Å². The van der Waals surface area contributed by atoms with Gasteiger partial charge in [-0.1, -0.05) is 43.3 Å². The zero-order chi connectivity index (χ0) is 25.1. The van der Waals surface area contributed by atoms with Crippen molar-refractivity contribution < 1.29 is 14.3 Å². The number of fused-ring (bicyclic) bond motifs is 1. The standard InChI is InChI=1S/C28H26N4O3S/c1-3-24-28(34)32(17-26(33)31(2)16-19-9-5-4-6-10-19)23-15-20(12-13-25(23)35-24)22-18-36-27(30-22)21-11-7-8-14-29-21/h4-15,18,24H,3,16-17H2,1-2H3. The average molecular weight is 499 g/mol. The van der Waals surface area contributed by atoms with Crippen molar-refractivity contribution in [3.8, 4) is 27.7 Å². The smallest absolute Gasteiger partial charge is 0.268 e. The van der Waals surface area contributed by atoms with Gasteiger partial charge in [-0.3, -0.25) is 19.5 Å². The molecule has 1 atom stereocenters. The molecule has 0 spiro atoms. The molecule has 2 aromatic heterocycles. The van der Waals surface area contributed by atoms with Crippen LogP contribution in [0.1, 0.15) is 18.9 Å². The molecular weight excluding hydrogens is 472 g/mol. The van der Waals surface area contributed by atoms with Crippen molar-refractivity contribution in [2.75, 3.05) is 18.5 Å². The quantitative estimate of drug-likeness (QED) is 0.357. The largest absolute Gasteiger partial charge is 0.478 e. The number of amides is 2. The van der Waals surface area contributed by atoms with Gasteiger partial charge in [0.15, 0.2) is 6.10 Å². The molecule has 36 heavy (non-hydrogen) atoms. The van der Waals surface area contributed by atoms with Crippen molar-refractivity contribution in [1.29, 1.82) is 0 Å². The lowest BCUT2D eigenvalue weighted by molar-refractivity contribution is -0.133. The highest BCUT2D eigenvalue weighted by Gasteiger charge is 2.35. The molecule has 182 valence electrons. The van der Waals surface area contributed by atoms with Gasteiger partial charge >= 0.3 is 0 Å². The summed E-state index contributed by atoms with van der Waals surface area (Å²) in [7, 11) is 1.75. The topological polar surface area (TPSA) is 75.6 Å². The summed E-state index contributed by atoms with van der Waals surface area (Å²) < 4.78 is 5.98. The first-order valence-electron chi connectivity index (χ1n) is 11.8. The lowest BCUT2D eigenvalue weighted by Gasteiger charge is -2.34. The maximum atomic E-state index is 13.3. The molecule has 8 heteroatoms. The van der Waals surface area contributed by atoms with Crippen LogP contribution >= 0.6 is 11.3 Å². The highest BCUT2D eigenvalue weighted by Crippen LogP contribution is 2.39. The molecule has 2 amide bonds. The summed E-state index contributed by atoms with van der Waals surface area (Å²) in [6, 6.07) is 21.2. The molecule has 5 rings (SSSR count). The second kappa shape index (κ2) is 10.3. The van der Waals surface area contributed by atoms with E-state index in [2.05, 4.69) is 4.98 Å². The van der Waals surface area contributed by atoms with Gasteiger partial charge in [0, 0.05) is 30.7 Å². The predicted octanol–water partition coefficient (Wildman–Crippen LogP) is 5.03. The van der Waals surface area contributed by atoms with E-state index in [4.69, 9.17) is 9.72 Å². The van der Waals surface area contributed by atoms with E-state index in [9.17, 15) is 9.59 Å². The minimum Gasteiger partial charge on any atom is -0.478 e. The molecule has 2 aromatic carbocycles. The van der Waals surface area contributed by atoms with E-state index in [1.54, 1.807) is 23.0 Å². The van der Waals surface area contributed by atoms with E-state index in [0.29, 0.717) is 24.4 Å². The fourth-order valence-corrected chi connectivity index (χ4v) is 4.92. The van der Waals surface area contributed by atoms with Gasteiger partial charge < -0.3 is 9.64 Å². The summed E-state index contributed by atoms with van der Waals surface area (Å²) in [6.07, 6.45) is 1.64. The third-order valence-electron chi connectivity index (χ3n) is 6.10. The number of benzene rings is 2. The first-order chi connectivity index (χ1) is 17.5. The summed E-state index contributed by atoms with van der Waals surface area (Å²) in [4.78, 5) is 38.7. The molecule has 3 heterocycles. The lowest BCUT2D eigenvalue weighted by atomic mass is 10.1. The zero-order valence-corrected chi connectivity index (χ0v) is 20.9. The molecule has 0 bridgehead atoms. The number of thiazole rings is 1. The van der Waals surface area contributed by atoms with Crippen LogP contribution in [-0.2, 0) is 16.1 Å². The maximum Gasteiger partial charge on any atom is 0.268 e. The Kier molecular flexibility index (Phi) is 6.77. The molecular formula is C28H26N4O3S. The predicted molar refractivity (Wildman–Crippen MR) is 141 cm³/mol. The Labute approximate surface area is 214 Å². The second-order valence-corrected chi connectivity index (χ2v) is 9.47. The summed E-state index contributed by atoms with van der Waals surface area (Å²) >= 11 is 1.51. The third-order valence-corrected chi connectivity index (χ3v) is 6.96. The summed E-state index contributed by atoms with van der Waals surface area (Å²) in [6.45, 7) is 2.31. The molecule has 0 saturated heterocycles. The van der Waals surface area contributed by atoms with Crippen molar-refractivity contribution >= 4 is 28.8 Å². The highest BCUT2D eigenvalue weighted by atomic mass is 32.1. The monoisotopic (exact) mass is 498 g/mol. The van der Waals surface area contributed by atoms with E-state index in [0.717, 1.165) is 27.5 Å². The molecule has 0 saturated carbocycles. The number of pyridine rings is 1. The number of aromatic nitrogens is 2. The molecule has 4 aromatic rings. The summed E-state index contributed by atoms with van der Waals surface area (Å²) in [5.41, 5.74) is 4.04. The van der Waals surface area contributed by atoms with Crippen LogP contribution in [0.15, 0.2) is 78.3 Å². The van der Waals surface area contributed by atoms with Gasteiger partial charge in [0.2, 0.25) is 5.91 Å². The molecule has 1 aliphatic heterocycles. The SMILES string of the molecule is CCC1Oc2ccc(-c3csc(-c4ccccn4)n3)cc2N(CC(=O)N(C)Cc2ccccc2)C1=O. The minimum atomic E-state index is -0.620. The van der Waals surface area contributed by atoms with Gasteiger partial charge in [0.1, 0.15) is 17.3 Å². The molecule has 0 radical (unpaired) electrons. The van der Waals surface area contributed by atoms with Gasteiger partial charge in [0.05, 0.1) is 17.1 Å². The number of anilines is 1. The van der Waals surface area contributed by atoms with E-state index in [1.807, 2.05) is 79.0 Å². The minimum absolute atomic E-state index is 0.0608. The molecule has 0 N–H and O–H groups in total. The summed E-state index contributed by atoms with van der Waals surface area (Å²) in [5, 5.41) is 2.78. The van der Waals surface area contributed by atoms with Crippen LogP contribution in [-0.4, -0.2) is 46.4 Å². The number of rotatable bonds is 7. The number of carbonyl (C=O) groups excluding carboxylic acids is 2. The van der Waals surface area contributed by atoms with E-state index in [1.165, 1.54) is 11.3 Å². The third kappa shape index (κ3) is 4.85. The Bertz CT molecular complexity index is 1370. The maximum absolute atomic E-state index is 13.3. The number of carbonyl (C=O) groups is 2. The average Bonchev–Trinajstić information content (AvgIpc) is 3.41. The molecule has 7 nitrogen and oxygen atoms in total. The van der Waals surface area contributed by atoms with Gasteiger partial charge in [-0.2, -0.15) is 0 Å². The van der Waals surface area contributed by atoms with Crippen LogP contribution in [0.25, 0.3) is 22.0 Å². The van der Waals surface area contributed by atoms with Crippen molar-refractivity contribution in [1.82, 2.24) is 14.9 Å². The van der Waals surface area contributed by atoms with E-state index in [-0.39, 0.29) is 18.4 Å². The Hall–Kier alpha value is -4.04. The Morgan fingerprint density at radius 1 is 1.08 bits per heavy atom. The van der Waals surface area contributed by atoms with Crippen molar-refractivity contribution in [3.63, 3.8) is 0 Å². The van der Waals surface area contributed by atoms with Crippen LogP contribution < -0.4 is 9.64 Å². The van der Waals surface area contributed by atoms with Crippen LogP contribution in [0.2, 0.25) is 0 Å². The van der Waals surface area contributed by atoms with Crippen LogP contribution in [0.3, 0.4) is 0 Å². The Balaban J connectivity index is 1.42. The molecule has 1 unspecified atom stereocenters. The Morgan fingerprint density at radius 2 is 1.89 bits per heavy atom. The number of ether oxygens (including phenoxy) is 1. The molecule has 1 aliphatic rings. The molecule has 0 aliphatic carbocycles. The first kappa shape index (κ1) is 23.7. The van der Waals surface area contributed by atoms with Gasteiger partial charge in [-0.25, -0.2) is 4.98 Å². The number of hydrogen-bond acceptors (Lipinski definition) is 6. The van der Waals surface area contributed by atoms with Gasteiger partial charge in [-0.05, 0) is 42.3 Å². The van der Waals surface area contributed by atoms with Crippen molar-refractivity contribution in [2.45, 2.75) is 26.0 Å². The fourth-order valence-electron chi connectivity index (χ4n) is 4.12. The lowest BCUT2D eigenvalue weighted by Crippen LogP contribution is -2.49. The highest BCUT2D eigenvalue weighted by molar-refractivity contribution is 7.13. The van der Waals surface area contributed by atoms with Gasteiger partial charge in [0.25, 0.3) is 5.91 Å². The fraction of sp³-hybridized carbons (Fsp3) is 0.214. The van der Waals surface area contributed by atoms with Crippen LogP contribution in [0.5, 0.6) is 5.75 Å². The number of likely N-dealkylation sites (N-methyl/N-ethyl adjacent to an activating group) is 1. The van der Waals surface area contributed by atoms with Crippen molar-refractivity contribution in [2.24, 2.45) is 0 Å². The van der Waals surface area contributed by atoms with E-state index < -0.39 is 6.10 Å². The summed E-state index contributed by atoms with van der Waals surface area (Å²) in [5.74, 6) is 0.228. The first-order valence-corrected chi connectivity index (χ1v) is 12.7. The van der Waals surface area contributed by atoms with Crippen molar-refractivity contribution in [3.05, 3.63) is 83.9 Å². The van der Waals surface area contributed by atoms with Crippen LogP contribution in [0.4, 0.5) is 5.69 Å². The second-order valence-electron chi connectivity index (χ2n) is 8.61. The number of nitrogens with zero attached hydrogens (tertiary/aromatic N) is 4. The number of hydrogen-bond donors (Lipinski definition) is 0. The zero-order valence-electron chi connectivity index (χ0n) is 20.1.